The lowest BCUT2D eigenvalue weighted by molar-refractivity contribution is -0.125. The number of hydrogen-bond donors (Lipinski definition) is 3. The second-order valence-electron chi connectivity index (χ2n) is 3.84. The topological polar surface area (TPSA) is 93.5 Å². The molecular weight excluding hydrogens is 270 g/mol. The van der Waals surface area contributed by atoms with Crippen LogP contribution in [0.25, 0.3) is 0 Å². The van der Waals surface area contributed by atoms with E-state index in [9.17, 15) is 9.59 Å². The lowest BCUT2D eigenvalue weighted by Gasteiger charge is -2.05. The molecule has 6 heteroatoms. The summed E-state index contributed by atoms with van der Waals surface area (Å²) in [6.45, 7) is 5.80. The Morgan fingerprint density at radius 1 is 1.10 bits per heavy atom. The van der Waals surface area contributed by atoms with Crippen molar-refractivity contribution < 1.29 is 14.3 Å². The third-order valence-corrected chi connectivity index (χ3v) is 1.97. The number of carbonyl (C=O) groups excluding carboxylic acids is 2. The van der Waals surface area contributed by atoms with E-state index in [-0.39, 0.29) is 18.4 Å². The van der Waals surface area contributed by atoms with E-state index >= 15 is 0 Å². The molecule has 120 valence electrons. The Hall–Kier alpha value is -2.08. The second kappa shape index (κ2) is 14.3. The number of nitrogens with one attached hydrogen (secondary N) is 2. The van der Waals surface area contributed by atoms with Crippen molar-refractivity contribution in [2.24, 2.45) is 0 Å². The molecule has 2 amide bonds. The molecule has 0 aliphatic carbocycles. The summed E-state index contributed by atoms with van der Waals surface area (Å²) in [5.41, 5.74) is 7.18. The first-order valence-corrected chi connectivity index (χ1v) is 6.75. The predicted molar refractivity (Wildman–Crippen MR) is 85.7 cm³/mol. The Balaban J connectivity index is 0. The minimum atomic E-state index is -0.220. The first-order chi connectivity index (χ1) is 9.99. The van der Waals surface area contributed by atoms with Crippen LogP contribution in [0.15, 0.2) is 24.3 Å². The van der Waals surface area contributed by atoms with Crippen LogP contribution in [0.5, 0.6) is 0 Å². The Kier molecular flexibility index (Phi) is 14.5. The fraction of sp³-hybridized carbons (Fsp3) is 0.467. The molecule has 0 unspecified atom stereocenters. The highest BCUT2D eigenvalue weighted by Gasteiger charge is 2.01. The molecule has 4 N–H and O–H groups in total. The van der Waals surface area contributed by atoms with Crippen molar-refractivity contribution in [3.63, 3.8) is 0 Å². The molecule has 0 bridgehead atoms. The fourth-order valence-corrected chi connectivity index (χ4v) is 1.10. The van der Waals surface area contributed by atoms with Crippen molar-refractivity contribution in [1.29, 1.82) is 0 Å². The minimum absolute atomic E-state index is 0.00427. The number of hydrogen-bond acceptors (Lipinski definition) is 4. The van der Waals surface area contributed by atoms with E-state index in [0.717, 1.165) is 5.56 Å². The number of methoxy groups -OCH3 is 1. The van der Waals surface area contributed by atoms with Gasteiger partial charge in [-0.1, -0.05) is 26.0 Å². The first-order valence-electron chi connectivity index (χ1n) is 6.75. The zero-order valence-electron chi connectivity index (χ0n) is 13.5. The summed E-state index contributed by atoms with van der Waals surface area (Å²) in [6, 6.07) is 7.23. The zero-order chi connectivity index (χ0) is 16.7. The van der Waals surface area contributed by atoms with Gasteiger partial charge in [0.25, 0.3) is 0 Å². The highest BCUT2D eigenvalue weighted by molar-refractivity contribution is 5.83. The molecule has 0 aliphatic rings. The van der Waals surface area contributed by atoms with Crippen molar-refractivity contribution >= 4 is 17.5 Å². The van der Waals surface area contributed by atoms with E-state index < -0.39 is 0 Å². The number of benzene rings is 1. The Morgan fingerprint density at radius 2 is 1.57 bits per heavy atom. The molecule has 1 rings (SSSR count). The number of ether oxygens (including phenoxy) is 1. The van der Waals surface area contributed by atoms with Crippen LogP contribution in [0.4, 0.5) is 5.69 Å². The van der Waals surface area contributed by atoms with E-state index in [1.807, 2.05) is 26.0 Å². The van der Waals surface area contributed by atoms with Crippen molar-refractivity contribution in [3.05, 3.63) is 29.8 Å². The summed E-state index contributed by atoms with van der Waals surface area (Å²) in [6.07, 6.45) is 0. The van der Waals surface area contributed by atoms with Gasteiger partial charge in [0, 0.05) is 33.4 Å². The Labute approximate surface area is 127 Å². The summed E-state index contributed by atoms with van der Waals surface area (Å²) in [5.74, 6) is -0.436. The first kappa shape index (κ1) is 21.2. The van der Waals surface area contributed by atoms with Crippen LogP contribution in [0.2, 0.25) is 0 Å². The largest absolute Gasteiger partial charge is 0.399 e. The Bertz CT molecular complexity index is 392. The highest BCUT2D eigenvalue weighted by Crippen LogP contribution is 2.04. The van der Waals surface area contributed by atoms with Crippen molar-refractivity contribution in [3.8, 4) is 0 Å². The zero-order valence-corrected chi connectivity index (χ0v) is 13.5. The molecule has 0 saturated heterocycles. The number of amides is 2. The van der Waals surface area contributed by atoms with Crippen LogP contribution in [0.3, 0.4) is 0 Å². The highest BCUT2D eigenvalue weighted by atomic mass is 16.4. The lowest BCUT2D eigenvalue weighted by atomic mass is 10.2. The van der Waals surface area contributed by atoms with Crippen LogP contribution >= 0.6 is 0 Å². The van der Waals surface area contributed by atoms with Gasteiger partial charge in [0.05, 0.1) is 6.54 Å². The molecule has 0 aromatic heterocycles. The molecule has 6 nitrogen and oxygen atoms in total. The lowest BCUT2D eigenvalue weighted by Crippen LogP contribution is -2.35. The van der Waals surface area contributed by atoms with Gasteiger partial charge in [-0.15, -0.1) is 0 Å². The van der Waals surface area contributed by atoms with Crippen molar-refractivity contribution in [1.82, 2.24) is 10.6 Å². The van der Waals surface area contributed by atoms with E-state index in [1.165, 1.54) is 6.92 Å². The number of nitrogen functional groups attached to an aromatic ring is 1. The van der Waals surface area contributed by atoms with Crippen molar-refractivity contribution in [2.75, 3.05) is 26.5 Å². The average Bonchev–Trinajstić information content (AvgIpc) is 2.47. The van der Waals surface area contributed by atoms with Gasteiger partial charge >= 0.3 is 0 Å². The molecule has 0 spiro atoms. The van der Waals surface area contributed by atoms with E-state index in [0.29, 0.717) is 12.2 Å². The third-order valence-electron chi connectivity index (χ3n) is 1.97. The van der Waals surface area contributed by atoms with Gasteiger partial charge in [-0.3, -0.25) is 9.59 Å². The van der Waals surface area contributed by atoms with Gasteiger partial charge in [-0.05, 0) is 17.7 Å². The van der Waals surface area contributed by atoms with Crippen LogP contribution in [-0.2, 0) is 20.9 Å². The average molecular weight is 297 g/mol. The van der Waals surface area contributed by atoms with E-state index in [4.69, 9.17) is 5.73 Å². The maximum atomic E-state index is 11.2. The van der Waals surface area contributed by atoms with Gasteiger partial charge in [-0.2, -0.15) is 0 Å². The molecule has 0 saturated carbocycles. The van der Waals surface area contributed by atoms with Gasteiger partial charge in [-0.25, -0.2) is 0 Å². The van der Waals surface area contributed by atoms with Gasteiger partial charge in [0.15, 0.2) is 0 Å². The number of anilines is 1. The predicted octanol–water partition coefficient (Wildman–Crippen LogP) is 1.31. The summed E-state index contributed by atoms with van der Waals surface area (Å²) < 4.78 is 4.25. The second-order valence-corrected chi connectivity index (χ2v) is 3.84. The molecule has 0 aliphatic heterocycles. The molecule has 21 heavy (non-hydrogen) atoms. The summed E-state index contributed by atoms with van der Waals surface area (Å²) in [4.78, 5) is 21.8. The van der Waals surface area contributed by atoms with Crippen molar-refractivity contribution in [2.45, 2.75) is 27.3 Å². The normalized spacial score (nSPS) is 8.43. The van der Waals surface area contributed by atoms with Crippen LogP contribution < -0.4 is 16.4 Å². The maximum Gasteiger partial charge on any atom is 0.239 e. The summed E-state index contributed by atoms with van der Waals surface area (Å²) in [7, 11) is 3.25. The monoisotopic (exact) mass is 297 g/mol. The van der Waals surface area contributed by atoms with E-state index in [1.54, 1.807) is 26.4 Å². The number of carbonyl (C=O) groups is 2. The summed E-state index contributed by atoms with van der Waals surface area (Å²) >= 11 is 0. The van der Waals surface area contributed by atoms with E-state index in [2.05, 4.69) is 15.4 Å². The minimum Gasteiger partial charge on any atom is -0.399 e. The molecule has 0 atom stereocenters. The standard InChI is InChI=1S/C11H15N3O2.C2H6O.C2H6/c1-8(15)13-7-11(16)14-6-9-2-4-10(12)5-3-9;1-3-2;1-2/h2-5H,6-7,12H2,1H3,(H,13,15)(H,14,16);1-2H3;1-2H3. The quantitative estimate of drug-likeness (QED) is 0.730. The van der Waals surface area contributed by atoms with Crippen LogP contribution in [0.1, 0.15) is 26.3 Å². The molecule has 1 aromatic carbocycles. The molecule has 0 heterocycles. The van der Waals surface area contributed by atoms with Crippen LogP contribution in [0, 0.1) is 0 Å². The van der Waals surface area contributed by atoms with Gasteiger partial charge < -0.3 is 21.1 Å². The molecule has 0 radical (unpaired) electrons. The number of nitrogens with two attached hydrogens (primary N) is 1. The molecular formula is C15H27N3O3. The number of rotatable bonds is 4. The maximum absolute atomic E-state index is 11.2. The molecule has 0 fully saturated rings. The Morgan fingerprint density at radius 3 is 2.00 bits per heavy atom. The third kappa shape index (κ3) is 14.1. The molecule has 1 aromatic rings. The van der Waals surface area contributed by atoms with Gasteiger partial charge in [0.1, 0.15) is 0 Å². The van der Waals surface area contributed by atoms with Crippen LogP contribution in [-0.4, -0.2) is 32.6 Å². The summed E-state index contributed by atoms with van der Waals surface area (Å²) in [5, 5.41) is 5.10. The fourth-order valence-electron chi connectivity index (χ4n) is 1.10. The SMILES string of the molecule is CC.CC(=O)NCC(=O)NCc1ccc(N)cc1.COC. The smallest absolute Gasteiger partial charge is 0.239 e. The van der Waals surface area contributed by atoms with Gasteiger partial charge in [0.2, 0.25) is 11.8 Å².